The predicted molar refractivity (Wildman–Crippen MR) is 51.5 cm³/mol. The number of hydrogen-bond donors (Lipinski definition) is 1. The van der Waals surface area contributed by atoms with Gasteiger partial charge in [0.2, 0.25) is 5.91 Å². The van der Waals surface area contributed by atoms with Crippen LogP contribution >= 0.6 is 0 Å². The van der Waals surface area contributed by atoms with Crippen molar-refractivity contribution < 1.29 is 9.90 Å². The van der Waals surface area contributed by atoms with Gasteiger partial charge in [0.15, 0.2) is 0 Å². The van der Waals surface area contributed by atoms with Crippen molar-refractivity contribution in [2.75, 3.05) is 13.6 Å². The second-order valence-corrected chi connectivity index (χ2v) is 3.10. The quantitative estimate of drug-likeness (QED) is 0.730. The molecule has 1 aromatic rings. The summed E-state index contributed by atoms with van der Waals surface area (Å²) in [6, 6.07) is 0. The summed E-state index contributed by atoms with van der Waals surface area (Å²) in [6.07, 6.45) is 3.22. The second-order valence-electron chi connectivity index (χ2n) is 3.10. The Kier molecular flexibility index (Phi) is 3.64. The van der Waals surface area contributed by atoms with Gasteiger partial charge in [-0.2, -0.15) is 0 Å². The first-order valence-electron chi connectivity index (χ1n) is 4.52. The molecule has 1 rings (SSSR count). The number of rotatable bonds is 4. The predicted octanol–water partition coefficient (Wildman–Crippen LogP) is -0.146. The molecule has 0 aliphatic heterocycles. The molecule has 0 bridgehead atoms. The third-order valence-corrected chi connectivity index (χ3v) is 2.07. The van der Waals surface area contributed by atoms with E-state index < -0.39 is 0 Å². The molecule has 0 aliphatic carbocycles. The van der Waals surface area contributed by atoms with Gasteiger partial charge < -0.3 is 14.6 Å². The Hall–Kier alpha value is -1.36. The molecule has 5 nitrogen and oxygen atoms in total. The van der Waals surface area contributed by atoms with E-state index in [0.29, 0.717) is 12.2 Å². The van der Waals surface area contributed by atoms with Crippen LogP contribution in [-0.4, -0.2) is 39.1 Å². The monoisotopic (exact) mass is 197 g/mol. The molecule has 78 valence electrons. The summed E-state index contributed by atoms with van der Waals surface area (Å²) in [5.74, 6) is 0.0365. The van der Waals surface area contributed by atoms with Gasteiger partial charge in [0.25, 0.3) is 0 Å². The van der Waals surface area contributed by atoms with Gasteiger partial charge >= 0.3 is 0 Å². The maximum atomic E-state index is 11.5. The SMILES string of the molecule is CCN(C)C(=O)Cn1cnc(CO)c1. The van der Waals surface area contributed by atoms with E-state index in [1.807, 2.05) is 6.92 Å². The van der Waals surface area contributed by atoms with Crippen molar-refractivity contribution in [3.8, 4) is 0 Å². The van der Waals surface area contributed by atoms with E-state index in [0.717, 1.165) is 0 Å². The number of amides is 1. The zero-order chi connectivity index (χ0) is 10.6. The van der Waals surface area contributed by atoms with Crippen molar-refractivity contribution in [2.45, 2.75) is 20.1 Å². The number of hydrogen-bond acceptors (Lipinski definition) is 3. The van der Waals surface area contributed by atoms with Crippen LogP contribution in [0.25, 0.3) is 0 Å². The van der Waals surface area contributed by atoms with E-state index in [-0.39, 0.29) is 19.1 Å². The number of aliphatic hydroxyl groups excluding tert-OH is 1. The van der Waals surface area contributed by atoms with Gasteiger partial charge in [0, 0.05) is 19.8 Å². The van der Waals surface area contributed by atoms with Crippen molar-refractivity contribution in [1.29, 1.82) is 0 Å². The van der Waals surface area contributed by atoms with E-state index in [1.165, 1.54) is 0 Å². The van der Waals surface area contributed by atoms with Gasteiger partial charge in [-0.3, -0.25) is 4.79 Å². The van der Waals surface area contributed by atoms with Crippen LogP contribution in [0.3, 0.4) is 0 Å². The normalized spacial score (nSPS) is 10.2. The molecular weight excluding hydrogens is 182 g/mol. The molecule has 0 unspecified atom stereocenters. The number of carbonyl (C=O) groups excluding carboxylic acids is 1. The lowest BCUT2D eigenvalue weighted by atomic mass is 10.5. The highest BCUT2D eigenvalue weighted by molar-refractivity contribution is 5.75. The smallest absolute Gasteiger partial charge is 0.242 e. The van der Waals surface area contributed by atoms with Gasteiger partial charge in [-0.1, -0.05) is 0 Å². The number of aromatic nitrogens is 2. The summed E-state index contributed by atoms with van der Waals surface area (Å²) in [5, 5.41) is 8.77. The molecule has 1 aromatic heterocycles. The van der Waals surface area contributed by atoms with Crippen molar-refractivity contribution in [1.82, 2.24) is 14.5 Å². The van der Waals surface area contributed by atoms with Crippen molar-refractivity contribution in [2.24, 2.45) is 0 Å². The summed E-state index contributed by atoms with van der Waals surface area (Å²) >= 11 is 0. The molecule has 0 aliphatic rings. The molecule has 0 atom stereocenters. The molecule has 1 heterocycles. The Morgan fingerprint density at radius 1 is 1.71 bits per heavy atom. The number of imidazole rings is 1. The minimum atomic E-state index is -0.0925. The lowest BCUT2D eigenvalue weighted by Crippen LogP contribution is -2.29. The summed E-state index contributed by atoms with van der Waals surface area (Å²) in [6.45, 7) is 2.80. The van der Waals surface area contributed by atoms with E-state index in [4.69, 9.17) is 5.11 Å². The Labute approximate surface area is 83.0 Å². The number of likely N-dealkylation sites (N-methyl/N-ethyl adjacent to an activating group) is 1. The maximum absolute atomic E-state index is 11.5. The van der Waals surface area contributed by atoms with Gasteiger partial charge in [-0.05, 0) is 6.92 Å². The Balaban J connectivity index is 2.56. The lowest BCUT2D eigenvalue weighted by molar-refractivity contribution is -0.130. The van der Waals surface area contributed by atoms with Crippen LogP contribution in [0.1, 0.15) is 12.6 Å². The van der Waals surface area contributed by atoms with Crippen LogP contribution in [0.5, 0.6) is 0 Å². The van der Waals surface area contributed by atoms with E-state index in [9.17, 15) is 4.79 Å². The Morgan fingerprint density at radius 2 is 2.43 bits per heavy atom. The van der Waals surface area contributed by atoms with Gasteiger partial charge in [-0.15, -0.1) is 0 Å². The van der Waals surface area contributed by atoms with Gasteiger partial charge in [-0.25, -0.2) is 4.98 Å². The minimum absolute atomic E-state index is 0.0365. The van der Waals surface area contributed by atoms with E-state index in [2.05, 4.69) is 4.98 Å². The molecule has 0 spiro atoms. The van der Waals surface area contributed by atoms with Crippen molar-refractivity contribution in [3.05, 3.63) is 18.2 Å². The molecular formula is C9H15N3O2. The van der Waals surface area contributed by atoms with Crippen LogP contribution in [0.15, 0.2) is 12.5 Å². The molecule has 0 saturated carbocycles. The van der Waals surface area contributed by atoms with Crippen molar-refractivity contribution in [3.63, 3.8) is 0 Å². The molecule has 1 N–H and O–H groups in total. The number of nitrogens with zero attached hydrogens (tertiary/aromatic N) is 3. The standard InChI is InChI=1S/C9H15N3O2/c1-3-11(2)9(14)5-12-4-8(6-13)10-7-12/h4,7,13H,3,5-6H2,1-2H3. The summed E-state index contributed by atoms with van der Waals surface area (Å²) in [7, 11) is 1.76. The molecule has 0 saturated heterocycles. The van der Waals surface area contributed by atoms with Crippen LogP contribution in [-0.2, 0) is 17.9 Å². The first kappa shape index (κ1) is 10.7. The first-order chi connectivity index (χ1) is 6.67. The Morgan fingerprint density at radius 3 is 2.93 bits per heavy atom. The fraction of sp³-hybridized carbons (Fsp3) is 0.556. The minimum Gasteiger partial charge on any atom is -0.390 e. The van der Waals surface area contributed by atoms with Crippen LogP contribution < -0.4 is 0 Å². The average molecular weight is 197 g/mol. The maximum Gasteiger partial charge on any atom is 0.242 e. The van der Waals surface area contributed by atoms with Gasteiger partial charge in [0.05, 0.1) is 18.6 Å². The topological polar surface area (TPSA) is 58.4 Å². The summed E-state index contributed by atoms with van der Waals surface area (Å²) in [4.78, 5) is 17.0. The Bertz CT molecular complexity index is 309. The first-order valence-corrected chi connectivity index (χ1v) is 4.52. The van der Waals surface area contributed by atoms with Crippen LogP contribution in [0, 0.1) is 0 Å². The highest BCUT2D eigenvalue weighted by Crippen LogP contribution is 1.97. The van der Waals surface area contributed by atoms with E-state index >= 15 is 0 Å². The van der Waals surface area contributed by atoms with Crippen molar-refractivity contribution >= 4 is 5.91 Å². The van der Waals surface area contributed by atoms with E-state index in [1.54, 1.807) is 29.0 Å². The number of aliphatic hydroxyl groups is 1. The molecule has 14 heavy (non-hydrogen) atoms. The molecule has 0 fully saturated rings. The molecule has 0 aromatic carbocycles. The largest absolute Gasteiger partial charge is 0.390 e. The fourth-order valence-electron chi connectivity index (χ4n) is 1.03. The van der Waals surface area contributed by atoms with Gasteiger partial charge in [0.1, 0.15) is 6.54 Å². The lowest BCUT2D eigenvalue weighted by Gasteiger charge is -2.14. The fourth-order valence-corrected chi connectivity index (χ4v) is 1.03. The molecule has 5 heteroatoms. The highest BCUT2D eigenvalue weighted by Gasteiger charge is 2.07. The third kappa shape index (κ3) is 2.56. The zero-order valence-electron chi connectivity index (χ0n) is 8.47. The summed E-state index contributed by atoms with van der Waals surface area (Å²) in [5.41, 5.74) is 0.581. The zero-order valence-corrected chi connectivity index (χ0v) is 8.47. The highest BCUT2D eigenvalue weighted by atomic mass is 16.3. The third-order valence-electron chi connectivity index (χ3n) is 2.07. The molecule has 1 amide bonds. The second kappa shape index (κ2) is 4.76. The van der Waals surface area contributed by atoms with Crippen LogP contribution in [0.2, 0.25) is 0 Å². The number of carbonyl (C=O) groups is 1. The molecule has 0 radical (unpaired) electrons. The van der Waals surface area contributed by atoms with Crippen LogP contribution in [0.4, 0.5) is 0 Å². The average Bonchev–Trinajstić information content (AvgIpc) is 2.64. The summed E-state index contributed by atoms with van der Waals surface area (Å²) < 4.78 is 1.67.